The lowest BCUT2D eigenvalue weighted by Gasteiger charge is -2.22. The Labute approximate surface area is 318 Å². The first-order valence-electron chi connectivity index (χ1n) is 16.2. The van der Waals surface area contributed by atoms with Gasteiger partial charge in [-0.2, -0.15) is 0 Å². The van der Waals surface area contributed by atoms with Crippen LogP contribution in [0.3, 0.4) is 0 Å². The van der Waals surface area contributed by atoms with Crippen molar-refractivity contribution in [3.8, 4) is 0 Å². The van der Waals surface area contributed by atoms with Crippen LogP contribution in [0.1, 0.15) is 69.7 Å². The summed E-state index contributed by atoms with van der Waals surface area (Å²) >= 11 is 0. The summed E-state index contributed by atoms with van der Waals surface area (Å²) in [5.41, 5.74) is 12.6. The number of amides is 6. The highest BCUT2D eigenvalue weighted by Crippen LogP contribution is 2.33. The number of benzene rings is 2. The molecule has 0 bridgehead atoms. The van der Waals surface area contributed by atoms with Crippen molar-refractivity contribution < 1.29 is 52.6 Å². The van der Waals surface area contributed by atoms with Crippen molar-refractivity contribution in [3.63, 3.8) is 0 Å². The molecule has 0 fully saturated rings. The molecule has 0 saturated carbocycles. The molecule has 6 N–H and O–H groups in total. The molecule has 3 aliphatic heterocycles. The number of rotatable bonds is 4. The van der Waals surface area contributed by atoms with Gasteiger partial charge in [-0.3, -0.25) is 29.8 Å². The summed E-state index contributed by atoms with van der Waals surface area (Å²) in [6, 6.07) is 8.98. The second kappa shape index (κ2) is 17.4. The molecule has 17 nitrogen and oxygen atoms in total. The van der Waals surface area contributed by atoms with E-state index in [4.69, 9.17) is 20.9 Å². The number of carbonyl (C=O) groups is 8. The van der Waals surface area contributed by atoms with Crippen LogP contribution in [-0.2, 0) is 43.0 Å². The summed E-state index contributed by atoms with van der Waals surface area (Å²) in [7, 11) is 0. The van der Waals surface area contributed by atoms with Crippen molar-refractivity contribution in [1.82, 2.24) is 0 Å². The van der Waals surface area contributed by atoms with Gasteiger partial charge in [0, 0.05) is 57.7 Å². The zero-order chi connectivity index (χ0) is 40.9. The molecule has 3 aliphatic rings. The molecule has 0 unspecified atom stereocenters. The van der Waals surface area contributed by atoms with Gasteiger partial charge in [-0.15, -0.1) is 0 Å². The average Bonchev–Trinajstić information content (AvgIpc) is 3.53. The topological polar surface area (TPSA) is 247 Å². The molecule has 17 heteroatoms. The molecule has 0 radical (unpaired) electrons. The maximum absolute atomic E-state index is 12.4. The van der Waals surface area contributed by atoms with E-state index in [1.165, 1.54) is 57.2 Å². The highest BCUT2D eigenvalue weighted by molar-refractivity contribution is 6.32. The lowest BCUT2D eigenvalue weighted by atomic mass is 10.2. The van der Waals surface area contributed by atoms with Crippen molar-refractivity contribution in [3.05, 3.63) is 71.3 Å². The number of nitrogens with one attached hydrogen (secondary N) is 2. The first-order chi connectivity index (χ1) is 24.8. The predicted molar refractivity (Wildman–Crippen MR) is 206 cm³/mol. The summed E-state index contributed by atoms with van der Waals surface area (Å²) in [4.78, 5) is 95.3. The number of ether oxygens (including phenoxy) is 3. The van der Waals surface area contributed by atoms with Crippen LogP contribution < -0.4 is 31.9 Å². The number of nitrogen functional groups attached to an aromatic ring is 2. The molecular weight excluding hydrogens is 716 g/mol. The van der Waals surface area contributed by atoms with Crippen LogP contribution in [0.15, 0.2) is 71.3 Å². The second-order valence-electron chi connectivity index (χ2n) is 14.0. The lowest BCUT2D eigenvalue weighted by Crippen LogP contribution is -2.33. The molecule has 3 heterocycles. The van der Waals surface area contributed by atoms with E-state index in [-0.39, 0.29) is 35.6 Å². The molecular formula is C38H46N6O11. The molecule has 6 amide bonds. The summed E-state index contributed by atoms with van der Waals surface area (Å²) in [5, 5.41) is 5.07. The first kappa shape index (κ1) is 44.4. The van der Waals surface area contributed by atoms with Crippen molar-refractivity contribution in [2.75, 3.05) is 31.9 Å². The quantitative estimate of drug-likeness (QED) is 0.0986. The third-order valence-electron chi connectivity index (χ3n) is 6.74. The van der Waals surface area contributed by atoms with Crippen LogP contribution in [0.5, 0.6) is 0 Å². The van der Waals surface area contributed by atoms with Crippen LogP contribution in [0.4, 0.5) is 43.7 Å². The monoisotopic (exact) mass is 762 g/mol. The number of imide groups is 2. The van der Waals surface area contributed by atoms with Crippen LogP contribution in [-0.4, -0.2) is 59.0 Å². The number of carbonyl (C=O) groups excluding carboxylic acids is 8. The standard InChI is InChI=1S/C21H21N3O6.C11H17N3O2.C5H4O3.CH4/c1-11-6-16(25)23(18(11)27)14-8-13(22-20(29)30-21(3,4)5)9-15(10-14)24-17(26)7-12(2)19(24)28;1-11(2,3)16-10(15)14-9-5-7(12)4-8(13)6-9;1-3-2-4(6)8-5(3)7;/h6-10H,1-5H3,(H,22,29);4-6H,12-13H2,1-3H3,(H,14,15);2H,1H3;1H4. The average molecular weight is 763 g/mol. The van der Waals surface area contributed by atoms with Crippen LogP contribution in [0.25, 0.3) is 0 Å². The van der Waals surface area contributed by atoms with E-state index in [1.807, 2.05) is 0 Å². The maximum Gasteiger partial charge on any atom is 0.412 e. The van der Waals surface area contributed by atoms with Gasteiger partial charge in [-0.05, 0) is 98.7 Å². The first-order valence-corrected chi connectivity index (χ1v) is 16.2. The van der Waals surface area contributed by atoms with E-state index in [1.54, 1.807) is 59.7 Å². The van der Waals surface area contributed by atoms with Gasteiger partial charge >= 0.3 is 24.1 Å². The van der Waals surface area contributed by atoms with Crippen LogP contribution >= 0.6 is 0 Å². The molecule has 0 atom stereocenters. The Morgan fingerprint density at radius 2 is 0.982 bits per heavy atom. The fraction of sp³-hybridized carbons (Fsp3) is 0.316. The minimum Gasteiger partial charge on any atom is -0.444 e. The fourth-order valence-electron chi connectivity index (χ4n) is 4.62. The Bertz CT molecular complexity index is 1950. The number of hydrogen-bond acceptors (Lipinski definition) is 13. The molecule has 0 aromatic heterocycles. The van der Waals surface area contributed by atoms with Gasteiger partial charge in [0.2, 0.25) is 0 Å². The van der Waals surface area contributed by atoms with E-state index in [0.29, 0.717) is 22.6 Å². The third-order valence-corrected chi connectivity index (χ3v) is 6.74. The molecule has 0 saturated heterocycles. The van der Waals surface area contributed by atoms with Crippen molar-refractivity contribution in [2.45, 2.75) is 80.9 Å². The Kier molecular flexibility index (Phi) is 14.0. The zero-order valence-corrected chi connectivity index (χ0v) is 31.2. The largest absolute Gasteiger partial charge is 0.444 e. The molecule has 0 spiro atoms. The minimum atomic E-state index is -0.771. The smallest absolute Gasteiger partial charge is 0.412 e. The highest BCUT2D eigenvalue weighted by Gasteiger charge is 2.34. The maximum atomic E-state index is 12.4. The van der Waals surface area contributed by atoms with Gasteiger partial charge in [0.05, 0.1) is 11.4 Å². The third kappa shape index (κ3) is 12.7. The van der Waals surface area contributed by atoms with Crippen LogP contribution in [0, 0.1) is 0 Å². The van der Waals surface area contributed by atoms with E-state index in [0.717, 1.165) is 9.80 Å². The van der Waals surface area contributed by atoms with Crippen molar-refractivity contribution >= 4 is 81.9 Å². The second-order valence-corrected chi connectivity index (χ2v) is 14.0. The van der Waals surface area contributed by atoms with Gasteiger partial charge in [0.15, 0.2) is 0 Å². The van der Waals surface area contributed by atoms with Gasteiger partial charge in [-0.25, -0.2) is 29.0 Å². The number of nitrogens with zero attached hydrogens (tertiary/aromatic N) is 2. The summed E-state index contributed by atoms with van der Waals surface area (Å²) in [6.07, 6.45) is 2.24. The minimum absolute atomic E-state index is 0. The zero-order valence-electron chi connectivity index (χ0n) is 31.2. The molecule has 2 aromatic carbocycles. The Balaban J connectivity index is 0.000000347. The number of hydrogen-bond donors (Lipinski definition) is 4. The molecule has 5 rings (SSSR count). The van der Waals surface area contributed by atoms with E-state index < -0.39 is 59.0 Å². The van der Waals surface area contributed by atoms with Gasteiger partial charge in [-0.1, -0.05) is 7.43 Å². The summed E-state index contributed by atoms with van der Waals surface area (Å²) in [5.74, 6) is -3.29. The molecule has 0 aliphatic carbocycles. The number of nitrogens with two attached hydrogens (primary N) is 2. The number of anilines is 6. The molecule has 55 heavy (non-hydrogen) atoms. The van der Waals surface area contributed by atoms with Crippen molar-refractivity contribution in [1.29, 1.82) is 0 Å². The number of cyclic esters (lactones) is 2. The molecule has 2 aromatic rings. The van der Waals surface area contributed by atoms with Gasteiger partial charge in [0.1, 0.15) is 11.2 Å². The van der Waals surface area contributed by atoms with Crippen molar-refractivity contribution in [2.24, 2.45) is 0 Å². The SMILES string of the molecule is C.CC(C)(C)OC(=O)Nc1cc(N)cc(N)c1.CC1=CC(=O)N(c2cc(NC(=O)OC(C)(C)C)cc(N3C(=O)C=C(C)C3=O)c2)C1=O.CC1=CC(=O)OC1=O. The van der Waals surface area contributed by atoms with Gasteiger partial charge in [0.25, 0.3) is 23.6 Å². The van der Waals surface area contributed by atoms with Crippen LogP contribution in [0.2, 0.25) is 0 Å². The number of esters is 2. The van der Waals surface area contributed by atoms with E-state index in [9.17, 15) is 38.4 Å². The van der Waals surface area contributed by atoms with E-state index in [2.05, 4.69) is 15.4 Å². The summed E-state index contributed by atoms with van der Waals surface area (Å²) < 4.78 is 14.4. The summed E-state index contributed by atoms with van der Waals surface area (Å²) in [6.45, 7) is 15.0. The Morgan fingerprint density at radius 3 is 1.25 bits per heavy atom. The normalized spacial score (nSPS) is 15.0. The fourth-order valence-corrected chi connectivity index (χ4v) is 4.62. The highest BCUT2D eigenvalue weighted by atomic mass is 16.6. The lowest BCUT2D eigenvalue weighted by molar-refractivity contribution is -0.150. The van der Waals surface area contributed by atoms with Gasteiger partial charge < -0.3 is 25.7 Å². The molecule has 294 valence electrons. The Hall–Kier alpha value is -6.78. The predicted octanol–water partition coefficient (Wildman–Crippen LogP) is 5.52. The Morgan fingerprint density at radius 1 is 0.600 bits per heavy atom. The van der Waals surface area contributed by atoms with E-state index >= 15 is 0 Å².